The molecule has 168 valence electrons. The standard InChI is InChI=1S/C21H30FN3O2.C3H8/c22-20-13-18(23-15-26)8-9-21(20)24-11-4-5-17(14-24)10-12-25(16-27)19-6-2-1-3-7-19;1-3-2/h8-9,13,15-17,19H,1-7,10-12,14H2,(H,23,26);3H2,1-2H3. The summed E-state index contributed by atoms with van der Waals surface area (Å²) in [6.07, 6.45) is 11.9. The molecule has 0 aromatic heterocycles. The van der Waals surface area contributed by atoms with Gasteiger partial charge in [-0.1, -0.05) is 39.5 Å². The number of benzene rings is 1. The molecule has 1 aliphatic heterocycles. The van der Waals surface area contributed by atoms with E-state index in [0.29, 0.717) is 29.7 Å². The van der Waals surface area contributed by atoms with E-state index in [9.17, 15) is 14.0 Å². The molecule has 2 fully saturated rings. The van der Waals surface area contributed by atoms with Crippen molar-refractivity contribution in [2.45, 2.75) is 77.7 Å². The number of carbonyl (C=O) groups excluding carboxylic acids is 2. The second-order valence-corrected chi connectivity index (χ2v) is 8.51. The molecule has 0 spiro atoms. The van der Waals surface area contributed by atoms with Crippen molar-refractivity contribution >= 4 is 24.2 Å². The van der Waals surface area contributed by atoms with Crippen LogP contribution in [0.5, 0.6) is 0 Å². The van der Waals surface area contributed by atoms with Crippen molar-refractivity contribution in [1.29, 1.82) is 0 Å². The molecule has 6 heteroatoms. The molecule has 30 heavy (non-hydrogen) atoms. The van der Waals surface area contributed by atoms with Crippen LogP contribution in [0.15, 0.2) is 18.2 Å². The molecule has 1 N–H and O–H groups in total. The zero-order valence-electron chi connectivity index (χ0n) is 18.6. The average molecular weight is 420 g/mol. The molecule has 3 rings (SSSR count). The number of carbonyl (C=O) groups is 2. The molecule has 1 aromatic rings. The normalized spacial score (nSPS) is 19.4. The Morgan fingerprint density at radius 3 is 2.50 bits per heavy atom. The van der Waals surface area contributed by atoms with E-state index in [1.807, 2.05) is 4.90 Å². The molecule has 2 amide bonds. The summed E-state index contributed by atoms with van der Waals surface area (Å²) in [4.78, 5) is 26.1. The van der Waals surface area contributed by atoms with E-state index in [0.717, 1.165) is 58.1 Å². The third kappa shape index (κ3) is 7.29. The lowest BCUT2D eigenvalue weighted by Crippen LogP contribution is -2.40. The predicted octanol–water partition coefficient (Wildman–Crippen LogP) is 5.21. The summed E-state index contributed by atoms with van der Waals surface area (Å²) in [7, 11) is 0. The van der Waals surface area contributed by atoms with Gasteiger partial charge in [0, 0.05) is 31.4 Å². The van der Waals surface area contributed by atoms with E-state index in [1.54, 1.807) is 12.1 Å². The minimum absolute atomic E-state index is 0.306. The Morgan fingerprint density at radius 2 is 1.87 bits per heavy atom. The molecule has 2 aliphatic rings. The van der Waals surface area contributed by atoms with E-state index in [2.05, 4.69) is 24.1 Å². The molecule has 0 bridgehead atoms. The van der Waals surface area contributed by atoms with Crippen molar-refractivity contribution in [2.75, 3.05) is 29.9 Å². The van der Waals surface area contributed by atoms with Crippen LogP contribution in [0.2, 0.25) is 0 Å². The van der Waals surface area contributed by atoms with E-state index in [-0.39, 0.29) is 5.82 Å². The lowest BCUT2D eigenvalue weighted by Gasteiger charge is -2.37. The van der Waals surface area contributed by atoms with Crippen LogP contribution >= 0.6 is 0 Å². The van der Waals surface area contributed by atoms with Gasteiger partial charge in [0.2, 0.25) is 12.8 Å². The molecule has 1 aromatic carbocycles. The molecule has 1 heterocycles. The van der Waals surface area contributed by atoms with E-state index < -0.39 is 0 Å². The van der Waals surface area contributed by atoms with Gasteiger partial charge in [0.05, 0.1) is 5.69 Å². The zero-order chi connectivity index (χ0) is 21.8. The first-order valence-electron chi connectivity index (χ1n) is 11.6. The van der Waals surface area contributed by atoms with Gasteiger partial charge in [0.25, 0.3) is 0 Å². The van der Waals surface area contributed by atoms with Crippen LogP contribution in [0.1, 0.15) is 71.6 Å². The summed E-state index contributed by atoms with van der Waals surface area (Å²) < 4.78 is 14.4. The number of nitrogens with one attached hydrogen (secondary N) is 1. The maximum Gasteiger partial charge on any atom is 0.211 e. The van der Waals surface area contributed by atoms with Crippen molar-refractivity contribution in [1.82, 2.24) is 4.90 Å². The van der Waals surface area contributed by atoms with Gasteiger partial charge in [-0.05, 0) is 56.2 Å². The van der Waals surface area contributed by atoms with Crippen LogP contribution in [0.3, 0.4) is 0 Å². The largest absolute Gasteiger partial charge is 0.369 e. The monoisotopic (exact) mass is 419 g/mol. The Bertz CT molecular complexity index is 649. The number of halogens is 1. The quantitative estimate of drug-likeness (QED) is 0.589. The number of amides is 2. The summed E-state index contributed by atoms with van der Waals surface area (Å²) >= 11 is 0. The third-order valence-corrected chi connectivity index (χ3v) is 6.01. The Balaban J connectivity index is 0.00000101. The highest BCUT2D eigenvalue weighted by atomic mass is 19.1. The fourth-order valence-electron chi connectivity index (χ4n) is 4.51. The number of hydrogen-bond acceptors (Lipinski definition) is 3. The van der Waals surface area contributed by atoms with Gasteiger partial charge in [0.15, 0.2) is 0 Å². The fourth-order valence-corrected chi connectivity index (χ4v) is 4.51. The van der Waals surface area contributed by atoms with Crippen molar-refractivity contribution in [3.63, 3.8) is 0 Å². The van der Waals surface area contributed by atoms with E-state index >= 15 is 0 Å². The van der Waals surface area contributed by atoms with Crippen LogP contribution < -0.4 is 10.2 Å². The van der Waals surface area contributed by atoms with Crippen molar-refractivity contribution in [2.24, 2.45) is 5.92 Å². The van der Waals surface area contributed by atoms with Gasteiger partial charge in [-0.2, -0.15) is 0 Å². The highest BCUT2D eigenvalue weighted by molar-refractivity contribution is 5.72. The topological polar surface area (TPSA) is 52.7 Å². The van der Waals surface area contributed by atoms with Gasteiger partial charge >= 0.3 is 0 Å². The Kier molecular flexibility index (Phi) is 10.7. The number of anilines is 2. The molecule has 1 unspecified atom stereocenters. The van der Waals surface area contributed by atoms with Crippen LogP contribution in [-0.2, 0) is 9.59 Å². The molecular formula is C24H38FN3O2. The van der Waals surface area contributed by atoms with Gasteiger partial charge < -0.3 is 15.1 Å². The summed E-state index contributed by atoms with van der Waals surface area (Å²) in [6, 6.07) is 5.24. The first-order chi connectivity index (χ1) is 14.6. The molecular weight excluding hydrogens is 381 g/mol. The van der Waals surface area contributed by atoms with Crippen molar-refractivity contribution in [3.05, 3.63) is 24.0 Å². The highest BCUT2D eigenvalue weighted by Gasteiger charge is 2.25. The predicted molar refractivity (Wildman–Crippen MR) is 121 cm³/mol. The second-order valence-electron chi connectivity index (χ2n) is 8.51. The van der Waals surface area contributed by atoms with Crippen molar-refractivity contribution in [3.8, 4) is 0 Å². The first kappa shape index (κ1) is 24.2. The minimum Gasteiger partial charge on any atom is -0.369 e. The number of piperidine rings is 1. The van der Waals surface area contributed by atoms with Crippen LogP contribution in [-0.4, -0.2) is 43.4 Å². The zero-order valence-corrected chi connectivity index (χ0v) is 18.6. The fraction of sp³-hybridized carbons (Fsp3) is 0.667. The van der Waals surface area contributed by atoms with Crippen LogP contribution in [0.4, 0.5) is 15.8 Å². The third-order valence-electron chi connectivity index (χ3n) is 6.01. The van der Waals surface area contributed by atoms with Crippen LogP contribution in [0, 0.1) is 11.7 Å². The van der Waals surface area contributed by atoms with Gasteiger partial charge in [-0.15, -0.1) is 0 Å². The highest BCUT2D eigenvalue weighted by Crippen LogP contribution is 2.29. The Morgan fingerprint density at radius 1 is 1.13 bits per heavy atom. The molecule has 1 saturated carbocycles. The van der Waals surface area contributed by atoms with Gasteiger partial charge in [-0.3, -0.25) is 9.59 Å². The van der Waals surface area contributed by atoms with E-state index in [4.69, 9.17) is 0 Å². The van der Waals surface area contributed by atoms with Gasteiger partial charge in [-0.25, -0.2) is 4.39 Å². The molecule has 1 aliphatic carbocycles. The second kappa shape index (κ2) is 13.2. The van der Waals surface area contributed by atoms with E-state index in [1.165, 1.54) is 31.7 Å². The summed E-state index contributed by atoms with van der Waals surface area (Å²) in [5.74, 6) is 0.163. The van der Waals surface area contributed by atoms with Gasteiger partial charge in [0.1, 0.15) is 5.82 Å². The maximum absolute atomic E-state index is 14.4. The lowest BCUT2D eigenvalue weighted by molar-refractivity contribution is -0.121. The molecule has 0 radical (unpaired) electrons. The number of hydrogen-bond donors (Lipinski definition) is 1. The summed E-state index contributed by atoms with van der Waals surface area (Å²) in [6.45, 7) is 6.71. The van der Waals surface area contributed by atoms with Crippen LogP contribution in [0.25, 0.3) is 0 Å². The van der Waals surface area contributed by atoms with Crippen molar-refractivity contribution < 1.29 is 14.0 Å². The summed E-state index contributed by atoms with van der Waals surface area (Å²) in [5, 5.41) is 2.48. The first-order valence-corrected chi connectivity index (χ1v) is 11.6. The number of rotatable bonds is 8. The molecule has 5 nitrogen and oxygen atoms in total. The Hall–Kier alpha value is -2.11. The molecule has 1 saturated heterocycles. The lowest BCUT2D eigenvalue weighted by atomic mass is 9.92. The molecule has 1 atom stereocenters. The number of nitrogens with zero attached hydrogens (tertiary/aromatic N) is 2. The summed E-state index contributed by atoms with van der Waals surface area (Å²) in [5.41, 5.74) is 1.06. The average Bonchev–Trinajstić information content (AvgIpc) is 2.76. The smallest absolute Gasteiger partial charge is 0.211 e. The Labute approximate surface area is 181 Å². The minimum atomic E-state index is -0.306. The SMILES string of the molecule is CCC.O=CNc1ccc(N2CCCC(CCN(C=O)C3CCCCC3)C2)c(F)c1. The maximum atomic E-state index is 14.4.